The van der Waals surface area contributed by atoms with Crippen molar-refractivity contribution in [2.45, 2.75) is 0 Å². The zero-order valence-electron chi connectivity index (χ0n) is 22.3. The first-order chi connectivity index (χ1) is 22.2. The average molecular weight is 752 g/mol. The fourth-order valence-electron chi connectivity index (χ4n) is 4.31. The zero-order chi connectivity index (χ0) is 29.7. The molecule has 0 spiro atoms. The molecule has 0 bridgehead atoms. The second kappa shape index (κ2) is 11.9. The zero-order valence-corrected chi connectivity index (χ0v) is 29.6. The normalized spacial score (nSPS) is 13.2. The lowest BCUT2D eigenvalue weighted by Gasteiger charge is -2.16. The van der Waals surface area contributed by atoms with Crippen LogP contribution in [0.15, 0.2) is 60.2 Å². The summed E-state index contributed by atoms with van der Waals surface area (Å²) in [7, 11) is 0. The molecule has 1 aliphatic heterocycles. The molecule has 220 valence electrons. The van der Waals surface area contributed by atoms with Gasteiger partial charge in [0.1, 0.15) is 75.0 Å². The lowest BCUT2D eigenvalue weighted by molar-refractivity contribution is 1.14. The average Bonchev–Trinajstić information content (AvgIpc) is 3.94. The van der Waals surface area contributed by atoms with Gasteiger partial charge in [-0.1, -0.05) is 0 Å². The molecule has 0 amide bonds. The van der Waals surface area contributed by atoms with Crippen LogP contribution < -0.4 is 4.90 Å². The van der Waals surface area contributed by atoms with E-state index in [9.17, 15) is 0 Å². The number of rotatable bonds is 8. The van der Waals surface area contributed by atoms with Crippen LogP contribution in [-0.2, 0) is 0 Å². The molecule has 45 heavy (non-hydrogen) atoms. The molecule has 18 heteroatoms. The first-order valence-corrected chi connectivity index (χ1v) is 21.0. The third-order valence-electron chi connectivity index (χ3n) is 6.38. The molecule has 0 N–H and O–H groups in total. The van der Waals surface area contributed by atoms with Gasteiger partial charge in [0.05, 0.1) is 17.1 Å². The molecule has 0 fully saturated rings. The molecule has 0 unspecified atom stereocenters. The molecule has 8 aromatic rings. The molecule has 9 rings (SSSR count). The van der Waals surface area contributed by atoms with E-state index < -0.39 is 0 Å². The van der Waals surface area contributed by atoms with Gasteiger partial charge in [-0.15, -0.1) is 102 Å². The molecule has 0 saturated carbocycles. The third-order valence-corrected chi connectivity index (χ3v) is 13.7. The smallest absolute Gasteiger partial charge is 0.144 e. The Morgan fingerprint density at radius 3 is 1.40 bits per heavy atom. The molecule has 0 saturated heterocycles. The maximum absolute atomic E-state index is 4.93. The maximum atomic E-state index is 4.93. The minimum Gasteiger partial charge on any atom is -0.312 e. The van der Waals surface area contributed by atoms with E-state index in [1.165, 1.54) is 0 Å². The van der Waals surface area contributed by atoms with Gasteiger partial charge in [-0.3, -0.25) is 0 Å². The van der Waals surface area contributed by atoms with E-state index in [-0.39, 0.29) is 0 Å². The van der Waals surface area contributed by atoms with Crippen molar-refractivity contribution >= 4 is 114 Å². The lowest BCUT2D eigenvalue weighted by Crippen LogP contribution is -2.16. The molecule has 0 radical (unpaired) electrons. The van der Waals surface area contributed by atoms with Crippen LogP contribution in [0.3, 0.4) is 0 Å². The summed E-state index contributed by atoms with van der Waals surface area (Å²) in [6, 6.07) is 0. The Morgan fingerprint density at radius 1 is 0.489 bits per heavy atom. The monoisotopic (exact) mass is 751 g/mol. The van der Waals surface area contributed by atoms with Gasteiger partial charge in [-0.2, -0.15) is 0 Å². The summed E-state index contributed by atoms with van der Waals surface area (Å²) in [5, 5.41) is 24.7. The van der Waals surface area contributed by atoms with Crippen molar-refractivity contribution in [1.29, 1.82) is 0 Å². The quantitative estimate of drug-likeness (QED) is 0.149. The Kier molecular flexibility index (Phi) is 7.48. The molecule has 0 atom stereocenters. The summed E-state index contributed by atoms with van der Waals surface area (Å²) in [5.74, 6) is 1.81. The van der Waals surface area contributed by atoms with Gasteiger partial charge in [0, 0.05) is 49.2 Å². The topological polar surface area (TPSA) is 106 Å². The number of anilines is 1. The Labute approximate surface area is 291 Å². The SMILES string of the molecule is C1=C(c2nc(-c3nc(-c4nc(-c5nc(-c6nc(-c7nc(-c8nccs8)cs7)cs6)cs5)cs4)cs3)cs2)N(c2cscn2)CS1. The summed E-state index contributed by atoms with van der Waals surface area (Å²) in [4.78, 5) is 40.2. The second-order valence-corrected chi connectivity index (χ2v) is 16.7. The van der Waals surface area contributed by atoms with Crippen LogP contribution in [0.2, 0.25) is 0 Å². The third kappa shape index (κ3) is 5.43. The van der Waals surface area contributed by atoms with Crippen LogP contribution in [0, 0.1) is 0 Å². The van der Waals surface area contributed by atoms with Crippen molar-refractivity contribution < 1.29 is 0 Å². The number of hydrogen-bond donors (Lipinski definition) is 0. The molecule has 1 aliphatic rings. The van der Waals surface area contributed by atoms with Gasteiger partial charge in [-0.05, 0) is 5.41 Å². The van der Waals surface area contributed by atoms with Crippen LogP contribution in [0.25, 0.3) is 69.9 Å². The van der Waals surface area contributed by atoms with Gasteiger partial charge in [0.25, 0.3) is 0 Å². The Hall–Kier alpha value is -3.07. The van der Waals surface area contributed by atoms with E-state index in [1.807, 2.05) is 37.8 Å². The van der Waals surface area contributed by atoms with E-state index in [2.05, 4.69) is 31.0 Å². The van der Waals surface area contributed by atoms with Crippen LogP contribution >= 0.6 is 102 Å². The number of nitrogens with zero attached hydrogens (tertiary/aromatic N) is 9. The molecule has 9 heterocycles. The van der Waals surface area contributed by atoms with Crippen LogP contribution in [0.4, 0.5) is 5.82 Å². The molecule has 8 aromatic heterocycles. The van der Waals surface area contributed by atoms with Crippen LogP contribution in [0.5, 0.6) is 0 Å². The van der Waals surface area contributed by atoms with Crippen molar-refractivity contribution in [2.75, 3.05) is 10.8 Å². The Bertz CT molecular complexity index is 2260. The number of thioether (sulfide) groups is 1. The lowest BCUT2D eigenvalue weighted by atomic mass is 10.4. The summed E-state index contributed by atoms with van der Waals surface area (Å²) >= 11 is 14.4. The minimum absolute atomic E-state index is 0.842. The largest absolute Gasteiger partial charge is 0.312 e. The van der Waals surface area contributed by atoms with E-state index in [4.69, 9.17) is 29.9 Å². The van der Waals surface area contributed by atoms with Crippen molar-refractivity contribution in [3.8, 4) is 64.2 Å². The number of aromatic nitrogens is 8. The number of hydrogen-bond acceptors (Lipinski definition) is 18. The van der Waals surface area contributed by atoms with Crippen LogP contribution in [-0.4, -0.2) is 45.7 Å². The molecule has 0 aromatic carbocycles. The van der Waals surface area contributed by atoms with Crippen molar-refractivity contribution in [3.63, 3.8) is 0 Å². The highest BCUT2D eigenvalue weighted by Crippen LogP contribution is 2.40. The van der Waals surface area contributed by atoms with Crippen molar-refractivity contribution in [3.05, 3.63) is 65.2 Å². The van der Waals surface area contributed by atoms with Crippen molar-refractivity contribution in [2.24, 2.45) is 0 Å². The first-order valence-electron chi connectivity index (χ1n) is 12.9. The first kappa shape index (κ1) is 28.2. The van der Waals surface area contributed by atoms with E-state index in [1.54, 1.807) is 109 Å². The summed E-state index contributed by atoms with van der Waals surface area (Å²) < 4.78 is 0. The van der Waals surface area contributed by atoms with Gasteiger partial charge in [0.2, 0.25) is 0 Å². The number of thiazole rings is 8. The highest BCUT2D eigenvalue weighted by Gasteiger charge is 2.24. The summed E-state index contributed by atoms with van der Waals surface area (Å²) in [6.45, 7) is 0. The Balaban J connectivity index is 0.909. The van der Waals surface area contributed by atoms with Gasteiger partial charge in [0.15, 0.2) is 0 Å². The standard InChI is InChI=1S/C27H13N9S9/c1-2-39-21(28-1)13-3-40-22(30-13)14-4-41-23(31-14)15-5-42-24(32-15)16-6-43-25(33-16)17-7-44-26(34-17)18-8-45-27(35-18)19-9-38-12-36(19)20-10-37-11-29-20/h1-11H,12H2. The fraction of sp³-hybridized carbons (Fsp3) is 0.0370. The summed E-state index contributed by atoms with van der Waals surface area (Å²) in [5.41, 5.74) is 8.11. The van der Waals surface area contributed by atoms with Crippen LogP contribution in [0.1, 0.15) is 5.01 Å². The predicted octanol–water partition coefficient (Wildman–Crippen LogP) is 9.85. The van der Waals surface area contributed by atoms with E-state index in [0.29, 0.717) is 0 Å². The minimum atomic E-state index is 0.842. The summed E-state index contributed by atoms with van der Waals surface area (Å²) in [6.07, 6.45) is 1.80. The predicted molar refractivity (Wildman–Crippen MR) is 194 cm³/mol. The highest BCUT2D eigenvalue weighted by molar-refractivity contribution is 8.02. The Morgan fingerprint density at radius 2 is 0.956 bits per heavy atom. The van der Waals surface area contributed by atoms with Gasteiger partial charge in [-0.25, -0.2) is 39.9 Å². The van der Waals surface area contributed by atoms with Gasteiger partial charge >= 0.3 is 0 Å². The maximum Gasteiger partial charge on any atom is 0.144 e. The van der Waals surface area contributed by atoms with E-state index in [0.717, 1.165) is 86.6 Å². The second-order valence-electron chi connectivity index (χ2n) is 9.14. The molecular weight excluding hydrogens is 739 g/mol. The van der Waals surface area contributed by atoms with E-state index >= 15 is 0 Å². The fourth-order valence-corrected chi connectivity index (χ4v) is 11.5. The molecule has 0 aliphatic carbocycles. The highest BCUT2D eigenvalue weighted by atomic mass is 32.2. The van der Waals surface area contributed by atoms with Gasteiger partial charge < -0.3 is 4.90 Å². The van der Waals surface area contributed by atoms with Crippen molar-refractivity contribution in [1.82, 2.24) is 39.9 Å². The molecular formula is C27H13N9S9. The molecule has 9 nitrogen and oxygen atoms in total.